The van der Waals surface area contributed by atoms with Crippen molar-refractivity contribution in [1.82, 2.24) is 0 Å². The normalized spacial score (nSPS) is 36.2. The standard InChI is InChI=1S/C23H31ClFNO3/c1-13-10-23(2,11-14-6-7-15(13)14)12-29-21-9-18(25)20(8-17(21)24)26-19-5-3-4-16(19)22(27)28/h8-9,13-16,19,26H,3-7,10-12H2,1-2H3,(H,27,28)/t13-,14-,15?,16?,19?,23?/m0/s1. The Morgan fingerprint density at radius 1 is 1.31 bits per heavy atom. The highest BCUT2D eigenvalue weighted by atomic mass is 35.5. The van der Waals surface area contributed by atoms with E-state index >= 15 is 0 Å². The number of carbonyl (C=O) groups is 1. The predicted octanol–water partition coefficient (Wildman–Crippen LogP) is 5.99. The van der Waals surface area contributed by atoms with E-state index in [-0.39, 0.29) is 17.1 Å². The highest BCUT2D eigenvalue weighted by Gasteiger charge is 2.46. The first-order valence-corrected chi connectivity index (χ1v) is 11.2. The molecule has 1 aromatic rings. The lowest BCUT2D eigenvalue weighted by atomic mass is 9.54. The summed E-state index contributed by atoms with van der Waals surface area (Å²) in [5.74, 6) is 0.966. The second-order valence-corrected chi connectivity index (χ2v) is 10.3. The molecule has 3 saturated carbocycles. The summed E-state index contributed by atoms with van der Waals surface area (Å²) in [7, 11) is 0. The lowest BCUT2D eigenvalue weighted by Gasteiger charge is -2.52. The van der Waals surface area contributed by atoms with Crippen LogP contribution in [0.4, 0.5) is 10.1 Å². The van der Waals surface area contributed by atoms with Crippen molar-refractivity contribution in [2.24, 2.45) is 29.1 Å². The number of ether oxygens (including phenoxy) is 1. The van der Waals surface area contributed by atoms with Gasteiger partial charge in [0.05, 0.1) is 23.2 Å². The molecule has 0 saturated heterocycles. The first kappa shape index (κ1) is 20.8. The number of anilines is 1. The SMILES string of the molecule is C[C@H]1CC(C)(COc2cc(F)c(NC3CCCC3C(=O)O)cc2Cl)C[C@@H]2CCC21. The second-order valence-electron chi connectivity index (χ2n) is 9.88. The van der Waals surface area contributed by atoms with Gasteiger partial charge in [-0.3, -0.25) is 4.79 Å². The molecule has 0 spiro atoms. The lowest BCUT2D eigenvalue weighted by Crippen LogP contribution is -2.45. The van der Waals surface area contributed by atoms with Crippen molar-refractivity contribution >= 4 is 23.3 Å². The highest BCUT2D eigenvalue weighted by Crippen LogP contribution is 2.54. The van der Waals surface area contributed by atoms with E-state index < -0.39 is 17.7 Å². The maximum Gasteiger partial charge on any atom is 0.308 e. The molecule has 0 heterocycles. The summed E-state index contributed by atoms with van der Waals surface area (Å²) in [6, 6.07) is 2.58. The van der Waals surface area contributed by atoms with E-state index in [1.165, 1.54) is 31.4 Å². The number of rotatable bonds is 6. The zero-order valence-electron chi connectivity index (χ0n) is 17.2. The molecule has 4 rings (SSSR count). The van der Waals surface area contributed by atoms with Crippen molar-refractivity contribution in [2.45, 2.75) is 64.8 Å². The van der Waals surface area contributed by atoms with Crippen LogP contribution >= 0.6 is 11.6 Å². The molecule has 0 aliphatic heterocycles. The number of halogens is 2. The van der Waals surface area contributed by atoms with Gasteiger partial charge >= 0.3 is 5.97 Å². The second kappa shape index (κ2) is 7.98. The Morgan fingerprint density at radius 2 is 2.10 bits per heavy atom. The van der Waals surface area contributed by atoms with E-state index in [2.05, 4.69) is 19.2 Å². The molecule has 4 unspecified atom stereocenters. The van der Waals surface area contributed by atoms with Gasteiger partial charge in [0.25, 0.3) is 0 Å². The van der Waals surface area contributed by atoms with Crippen molar-refractivity contribution in [2.75, 3.05) is 11.9 Å². The fourth-order valence-electron chi connectivity index (χ4n) is 5.99. The molecule has 3 fully saturated rings. The Kier molecular flexibility index (Phi) is 5.71. The van der Waals surface area contributed by atoms with Crippen molar-refractivity contribution in [3.63, 3.8) is 0 Å². The summed E-state index contributed by atoms with van der Waals surface area (Å²) in [6.45, 7) is 5.15. The average Bonchev–Trinajstić information content (AvgIpc) is 3.08. The van der Waals surface area contributed by atoms with Gasteiger partial charge in [-0.1, -0.05) is 31.9 Å². The molecule has 0 bridgehead atoms. The average molecular weight is 424 g/mol. The van der Waals surface area contributed by atoms with Gasteiger partial charge in [0, 0.05) is 17.5 Å². The zero-order valence-corrected chi connectivity index (χ0v) is 18.0. The van der Waals surface area contributed by atoms with Crippen LogP contribution in [-0.4, -0.2) is 23.7 Å². The molecule has 4 nitrogen and oxygen atoms in total. The minimum absolute atomic E-state index is 0.0935. The van der Waals surface area contributed by atoms with Crippen molar-refractivity contribution in [1.29, 1.82) is 0 Å². The number of fused-ring (bicyclic) bond motifs is 1. The van der Waals surface area contributed by atoms with Crippen molar-refractivity contribution in [3.05, 3.63) is 23.0 Å². The van der Waals surface area contributed by atoms with Crippen LogP contribution in [0.25, 0.3) is 0 Å². The highest BCUT2D eigenvalue weighted by molar-refractivity contribution is 6.32. The Morgan fingerprint density at radius 3 is 2.76 bits per heavy atom. The maximum atomic E-state index is 14.7. The van der Waals surface area contributed by atoms with Gasteiger partial charge in [0.2, 0.25) is 0 Å². The largest absolute Gasteiger partial charge is 0.491 e. The van der Waals surface area contributed by atoms with Crippen LogP contribution in [0, 0.1) is 34.9 Å². The number of benzene rings is 1. The van der Waals surface area contributed by atoms with Crippen molar-refractivity contribution < 1.29 is 19.0 Å². The summed E-state index contributed by atoms with van der Waals surface area (Å²) in [6.07, 6.45) is 7.13. The molecule has 6 atom stereocenters. The number of hydrogen-bond donors (Lipinski definition) is 2. The quantitative estimate of drug-likeness (QED) is 0.590. The zero-order chi connectivity index (χ0) is 20.8. The first-order valence-electron chi connectivity index (χ1n) is 10.9. The molecule has 2 N–H and O–H groups in total. The molecule has 1 aromatic carbocycles. The number of carboxylic acid groups (broad SMARTS) is 1. The third-order valence-electron chi connectivity index (χ3n) is 7.55. The van der Waals surface area contributed by atoms with Crippen LogP contribution < -0.4 is 10.1 Å². The van der Waals surface area contributed by atoms with Crippen molar-refractivity contribution in [3.8, 4) is 5.75 Å². The van der Waals surface area contributed by atoms with Gasteiger partial charge in [-0.15, -0.1) is 0 Å². The van der Waals surface area contributed by atoms with Crippen LogP contribution in [0.3, 0.4) is 0 Å². The Balaban J connectivity index is 1.41. The number of nitrogens with one attached hydrogen (secondary N) is 1. The van der Waals surface area contributed by atoms with Gasteiger partial charge in [0.15, 0.2) is 0 Å². The van der Waals surface area contributed by atoms with Crippen LogP contribution in [0.2, 0.25) is 5.02 Å². The number of carboxylic acids is 1. The topological polar surface area (TPSA) is 58.6 Å². The summed E-state index contributed by atoms with van der Waals surface area (Å²) in [5, 5.41) is 12.7. The summed E-state index contributed by atoms with van der Waals surface area (Å²) in [5.41, 5.74) is 0.339. The van der Waals surface area contributed by atoms with Gasteiger partial charge in [-0.2, -0.15) is 0 Å². The lowest BCUT2D eigenvalue weighted by molar-refractivity contribution is -0.141. The first-order chi connectivity index (χ1) is 13.8. The molecule has 0 amide bonds. The minimum atomic E-state index is -0.838. The third kappa shape index (κ3) is 4.21. The molecule has 29 heavy (non-hydrogen) atoms. The Hall–Kier alpha value is -1.49. The van der Waals surface area contributed by atoms with E-state index in [0.717, 1.165) is 24.7 Å². The van der Waals surface area contributed by atoms with Crippen LogP contribution in [0.5, 0.6) is 5.75 Å². The van der Waals surface area contributed by atoms with Gasteiger partial charge < -0.3 is 15.2 Å². The Labute approximate surface area is 177 Å². The fraction of sp³-hybridized carbons (Fsp3) is 0.696. The summed E-state index contributed by atoms with van der Waals surface area (Å²) >= 11 is 6.39. The molecule has 160 valence electrons. The van der Waals surface area contributed by atoms with E-state index in [9.17, 15) is 14.3 Å². The monoisotopic (exact) mass is 423 g/mol. The third-order valence-corrected chi connectivity index (χ3v) is 7.84. The molecular weight excluding hydrogens is 393 g/mol. The smallest absolute Gasteiger partial charge is 0.308 e. The Bertz CT molecular complexity index is 778. The van der Waals surface area contributed by atoms with E-state index in [1.54, 1.807) is 0 Å². The van der Waals surface area contributed by atoms with Gasteiger partial charge in [-0.05, 0) is 62.3 Å². The van der Waals surface area contributed by atoms with E-state index in [1.807, 2.05) is 0 Å². The summed E-state index contributed by atoms with van der Waals surface area (Å²) < 4.78 is 20.7. The summed E-state index contributed by atoms with van der Waals surface area (Å²) in [4.78, 5) is 11.4. The van der Waals surface area contributed by atoms with E-state index in [4.69, 9.17) is 16.3 Å². The van der Waals surface area contributed by atoms with Crippen LogP contribution in [-0.2, 0) is 4.79 Å². The predicted molar refractivity (Wildman–Crippen MR) is 112 cm³/mol. The maximum absolute atomic E-state index is 14.7. The fourth-order valence-corrected chi connectivity index (χ4v) is 6.21. The molecule has 3 aliphatic rings. The van der Waals surface area contributed by atoms with Crippen LogP contribution in [0.15, 0.2) is 12.1 Å². The van der Waals surface area contributed by atoms with Gasteiger partial charge in [-0.25, -0.2) is 4.39 Å². The molecule has 0 radical (unpaired) electrons. The molecule has 3 aliphatic carbocycles. The number of hydrogen-bond acceptors (Lipinski definition) is 3. The minimum Gasteiger partial charge on any atom is -0.491 e. The molecular formula is C23H31ClFNO3. The number of aliphatic carboxylic acids is 1. The van der Waals surface area contributed by atoms with Crippen LogP contribution in [0.1, 0.15) is 58.8 Å². The van der Waals surface area contributed by atoms with E-state index in [0.29, 0.717) is 36.1 Å². The molecule has 0 aromatic heterocycles. The molecule has 6 heteroatoms. The van der Waals surface area contributed by atoms with Gasteiger partial charge in [0.1, 0.15) is 11.6 Å².